The van der Waals surface area contributed by atoms with E-state index in [1.54, 1.807) is 6.20 Å². The number of halogens is 1. The van der Waals surface area contributed by atoms with Crippen molar-refractivity contribution in [3.05, 3.63) is 46.7 Å². The van der Waals surface area contributed by atoms with Crippen molar-refractivity contribution < 1.29 is 0 Å². The lowest BCUT2D eigenvalue weighted by Gasteiger charge is -2.13. The van der Waals surface area contributed by atoms with Gasteiger partial charge in [0.15, 0.2) is 0 Å². The Labute approximate surface area is 92.7 Å². The number of H-pyrrole nitrogens is 1. The molecule has 0 aliphatic rings. The van der Waals surface area contributed by atoms with Gasteiger partial charge in [0.2, 0.25) is 0 Å². The Morgan fingerprint density at radius 1 is 1.33 bits per heavy atom. The third kappa shape index (κ3) is 2.16. The van der Waals surface area contributed by atoms with Crippen LogP contribution in [0.3, 0.4) is 0 Å². The van der Waals surface area contributed by atoms with Crippen molar-refractivity contribution in [1.82, 2.24) is 20.7 Å². The van der Waals surface area contributed by atoms with Crippen molar-refractivity contribution in [2.45, 2.75) is 6.04 Å². The van der Waals surface area contributed by atoms with Gasteiger partial charge in [-0.2, -0.15) is 15.4 Å². The maximum atomic E-state index is 5.83. The summed E-state index contributed by atoms with van der Waals surface area (Å²) in [6, 6.07) is 7.71. The molecule has 15 heavy (non-hydrogen) atoms. The Hall–Kier alpha value is -1.39. The first-order valence-electron chi connectivity index (χ1n) is 4.59. The van der Waals surface area contributed by atoms with Crippen LogP contribution in [0.15, 0.2) is 30.5 Å². The average molecular weight is 223 g/mol. The van der Waals surface area contributed by atoms with Gasteiger partial charge < -0.3 is 5.32 Å². The number of hydrogen-bond donors (Lipinski definition) is 2. The largest absolute Gasteiger partial charge is 0.308 e. The second-order valence-electron chi connectivity index (χ2n) is 3.17. The molecule has 0 radical (unpaired) electrons. The second kappa shape index (κ2) is 4.42. The van der Waals surface area contributed by atoms with E-state index in [1.165, 1.54) is 0 Å². The number of aromatic nitrogens is 3. The number of rotatable bonds is 3. The molecule has 0 aliphatic carbocycles. The molecule has 0 aliphatic heterocycles. The minimum Gasteiger partial charge on any atom is -0.308 e. The van der Waals surface area contributed by atoms with Crippen LogP contribution in [-0.2, 0) is 0 Å². The van der Waals surface area contributed by atoms with Gasteiger partial charge in [-0.05, 0) is 24.7 Å². The van der Waals surface area contributed by atoms with Gasteiger partial charge in [0.25, 0.3) is 0 Å². The standard InChI is InChI=1S/C10H11ClN4/c1-12-10(9-6-13-15-14-9)7-2-4-8(11)5-3-7/h2-6,10,12H,1H3,(H,13,14,15). The zero-order chi connectivity index (χ0) is 10.7. The van der Waals surface area contributed by atoms with Gasteiger partial charge in [-0.3, -0.25) is 0 Å². The van der Waals surface area contributed by atoms with Gasteiger partial charge in [0.1, 0.15) is 5.69 Å². The summed E-state index contributed by atoms with van der Waals surface area (Å²) in [7, 11) is 1.88. The Morgan fingerprint density at radius 3 is 2.60 bits per heavy atom. The second-order valence-corrected chi connectivity index (χ2v) is 3.60. The zero-order valence-corrected chi connectivity index (χ0v) is 8.99. The smallest absolute Gasteiger partial charge is 0.104 e. The van der Waals surface area contributed by atoms with Crippen molar-refractivity contribution in [3.8, 4) is 0 Å². The van der Waals surface area contributed by atoms with Crippen LogP contribution in [0.1, 0.15) is 17.3 Å². The molecule has 0 fully saturated rings. The van der Waals surface area contributed by atoms with Crippen LogP contribution in [0.5, 0.6) is 0 Å². The lowest BCUT2D eigenvalue weighted by Crippen LogP contribution is -2.17. The summed E-state index contributed by atoms with van der Waals surface area (Å²) in [6.45, 7) is 0. The molecule has 0 amide bonds. The lowest BCUT2D eigenvalue weighted by atomic mass is 10.1. The highest BCUT2D eigenvalue weighted by Gasteiger charge is 2.13. The average Bonchev–Trinajstić information content (AvgIpc) is 2.75. The van der Waals surface area contributed by atoms with E-state index in [0.717, 1.165) is 16.3 Å². The topological polar surface area (TPSA) is 53.6 Å². The van der Waals surface area contributed by atoms with Gasteiger partial charge >= 0.3 is 0 Å². The van der Waals surface area contributed by atoms with Crippen molar-refractivity contribution in [1.29, 1.82) is 0 Å². The zero-order valence-electron chi connectivity index (χ0n) is 8.24. The molecule has 78 valence electrons. The number of nitrogens with one attached hydrogen (secondary N) is 2. The summed E-state index contributed by atoms with van der Waals surface area (Å²) >= 11 is 5.83. The quantitative estimate of drug-likeness (QED) is 0.832. The van der Waals surface area contributed by atoms with Gasteiger partial charge in [0.05, 0.1) is 12.2 Å². The molecule has 0 spiro atoms. The van der Waals surface area contributed by atoms with Crippen molar-refractivity contribution in [3.63, 3.8) is 0 Å². The fourth-order valence-corrected chi connectivity index (χ4v) is 1.62. The number of hydrogen-bond acceptors (Lipinski definition) is 3. The Kier molecular flexibility index (Phi) is 2.99. The number of nitrogens with zero attached hydrogens (tertiary/aromatic N) is 2. The van der Waals surface area contributed by atoms with Crippen LogP contribution in [0.25, 0.3) is 0 Å². The van der Waals surface area contributed by atoms with Crippen LogP contribution in [0.4, 0.5) is 0 Å². The van der Waals surface area contributed by atoms with Crippen LogP contribution < -0.4 is 5.32 Å². The number of aromatic amines is 1. The molecule has 1 aromatic heterocycles. The molecule has 1 heterocycles. The Bertz CT molecular complexity index is 409. The first-order valence-corrected chi connectivity index (χ1v) is 4.97. The summed E-state index contributed by atoms with van der Waals surface area (Å²) in [6.07, 6.45) is 1.70. The normalized spacial score (nSPS) is 12.7. The maximum Gasteiger partial charge on any atom is 0.104 e. The predicted molar refractivity (Wildman–Crippen MR) is 58.7 cm³/mol. The van der Waals surface area contributed by atoms with Gasteiger partial charge in [-0.15, -0.1) is 0 Å². The third-order valence-electron chi connectivity index (χ3n) is 2.22. The molecule has 0 bridgehead atoms. The van der Waals surface area contributed by atoms with Crippen molar-refractivity contribution in [2.75, 3.05) is 7.05 Å². The van der Waals surface area contributed by atoms with E-state index in [2.05, 4.69) is 20.7 Å². The molecular formula is C10H11ClN4. The molecule has 5 heteroatoms. The first-order chi connectivity index (χ1) is 7.31. The van der Waals surface area contributed by atoms with Crippen LogP contribution in [-0.4, -0.2) is 22.5 Å². The molecule has 2 aromatic rings. The van der Waals surface area contributed by atoms with Crippen LogP contribution in [0, 0.1) is 0 Å². The fourth-order valence-electron chi connectivity index (χ4n) is 1.49. The Morgan fingerprint density at radius 2 is 2.07 bits per heavy atom. The predicted octanol–water partition coefficient (Wildman–Crippen LogP) is 1.77. The van der Waals surface area contributed by atoms with E-state index in [1.807, 2.05) is 31.3 Å². The van der Waals surface area contributed by atoms with E-state index >= 15 is 0 Å². The fraction of sp³-hybridized carbons (Fsp3) is 0.200. The van der Waals surface area contributed by atoms with Gasteiger partial charge in [0, 0.05) is 5.02 Å². The maximum absolute atomic E-state index is 5.83. The van der Waals surface area contributed by atoms with E-state index in [4.69, 9.17) is 11.6 Å². The minimum absolute atomic E-state index is 0.0426. The molecule has 0 saturated heterocycles. The van der Waals surface area contributed by atoms with E-state index in [9.17, 15) is 0 Å². The van der Waals surface area contributed by atoms with Gasteiger partial charge in [-0.25, -0.2) is 0 Å². The molecule has 2 N–H and O–H groups in total. The van der Waals surface area contributed by atoms with E-state index in [-0.39, 0.29) is 6.04 Å². The molecule has 4 nitrogen and oxygen atoms in total. The first kappa shape index (κ1) is 10.1. The minimum atomic E-state index is 0.0426. The molecule has 2 rings (SSSR count). The van der Waals surface area contributed by atoms with E-state index < -0.39 is 0 Å². The SMILES string of the molecule is CNC(c1ccc(Cl)cc1)c1cn[nH]n1. The molecule has 1 unspecified atom stereocenters. The monoisotopic (exact) mass is 222 g/mol. The van der Waals surface area contributed by atoms with E-state index in [0.29, 0.717) is 0 Å². The molecule has 0 saturated carbocycles. The summed E-state index contributed by atoms with van der Waals surface area (Å²) in [5.74, 6) is 0. The van der Waals surface area contributed by atoms with Crippen molar-refractivity contribution in [2.24, 2.45) is 0 Å². The number of benzene rings is 1. The Balaban J connectivity index is 2.31. The summed E-state index contributed by atoms with van der Waals surface area (Å²) in [5.41, 5.74) is 1.97. The van der Waals surface area contributed by atoms with Crippen LogP contribution >= 0.6 is 11.6 Å². The lowest BCUT2D eigenvalue weighted by molar-refractivity contribution is 0.667. The molecular weight excluding hydrogens is 212 g/mol. The summed E-state index contributed by atoms with van der Waals surface area (Å²) in [4.78, 5) is 0. The highest BCUT2D eigenvalue weighted by Crippen LogP contribution is 2.20. The highest BCUT2D eigenvalue weighted by molar-refractivity contribution is 6.30. The third-order valence-corrected chi connectivity index (χ3v) is 2.47. The van der Waals surface area contributed by atoms with Gasteiger partial charge in [-0.1, -0.05) is 23.7 Å². The van der Waals surface area contributed by atoms with Crippen LogP contribution in [0.2, 0.25) is 5.02 Å². The van der Waals surface area contributed by atoms with Crippen molar-refractivity contribution >= 4 is 11.6 Å². The molecule has 1 atom stereocenters. The molecule has 1 aromatic carbocycles. The summed E-state index contributed by atoms with van der Waals surface area (Å²) in [5, 5.41) is 14.4. The highest BCUT2D eigenvalue weighted by atomic mass is 35.5. The summed E-state index contributed by atoms with van der Waals surface area (Å²) < 4.78 is 0.